The smallest absolute Gasteiger partial charge is 0.0424 e. The van der Waals surface area contributed by atoms with Crippen LogP contribution in [0.5, 0.6) is 0 Å². The molecule has 0 spiro atoms. The number of piperidine rings is 1. The van der Waals surface area contributed by atoms with Crippen molar-refractivity contribution in [3.63, 3.8) is 0 Å². The van der Waals surface area contributed by atoms with Gasteiger partial charge in [-0.15, -0.1) is 0 Å². The first-order valence-corrected chi connectivity index (χ1v) is 7.17. The lowest BCUT2D eigenvalue weighted by atomic mass is 10.1. The first-order chi connectivity index (χ1) is 8.24. The summed E-state index contributed by atoms with van der Waals surface area (Å²) in [5, 5.41) is 1.46. The Balaban J connectivity index is 0.000000686. The van der Waals surface area contributed by atoms with Crippen molar-refractivity contribution >= 4 is 23.2 Å². The van der Waals surface area contributed by atoms with Gasteiger partial charge in [0.25, 0.3) is 0 Å². The Hall–Kier alpha value is -0.240. The molecule has 2 rings (SSSR count). The summed E-state index contributed by atoms with van der Waals surface area (Å²) in [6.07, 6.45) is 4.00. The van der Waals surface area contributed by atoms with E-state index in [9.17, 15) is 0 Å². The van der Waals surface area contributed by atoms with Crippen molar-refractivity contribution in [3.8, 4) is 0 Å². The summed E-state index contributed by atoms with van der Waals surface area (Å²) in [4.78, 5) is 2.46. The molecule has 0 aliphatic carbocycles. The maximum atomic E-state index is 5.96. The van der Waals surface area contributed by atoms with Gasteiger partial charge in [0.2, 0.25) is 0 Å². The van der Waals surface area contributed by atoms with Crippen LogP contribution in [0.25, 0.3) is 0 Å². The number of hydrogen-bond donors (Lipinski definition) is 0. The molecule has 1 nitrogen and oxygen atoms in total. The Bertz CT molecular complexity index is 313. The fraction of sp³-hybridized carbons (Fsp3) is 0.571. The van der Waals surface area contributed by atoms with Gasteiger partial charge >= 0.3 is 0 Å². The van der Waals surface area contributed by atoms with Crippen molar-refractivity contribution < 1.29 is 0 Å². The fourth-order valence-electron chi connectivity index (χ4n) is 2.08. The summed E-state index contributed by atoms with van der Waals surface area (Å²) in [5.41, 5.74) is 1.22. The SMILES string of the molecule is CC.Clc1cc(Cl)cc(CN2CCCCC2)c1. The van der Waals surface area contributed by atoms with E-state index in [-0.39, 0.29) is 0 Å². The number of benzene rings is 1. The van der Waals surface area contributed by atoms with E-state index >= 15 is 0 Å². The molecule has 0 radical (unpaired) electrons. The molecule has 0 unspecified atom stereocenters. The van der Waals surface area contributed by atoms with Gasteiger partial charge in [-0.1, -0.05) is 43.5 Å². The summed E-state index contributed by atoms with van der Waals surface area (Å²) >= 11 is 11.9. The topological polar surface area (TPSA) is 3.24 Å². The Kier molecular flexibility index (Phi) is 6.94. The quantitative estimate of drug-likeness (QED) is 0.733. The molecule has 1 aliphatic rings. The number of rotatable bonds is 2. The van der Waals surface area contributed by atoms with E-state index in [0.29, 0.717) is 0 Å². The fourth-order valence-corrected chi connectivity index (χ4v) is 2.65. The number of nitrogens with zero attached hydrogens (tertiary/aromatic N) is 1. The van der Waals surface area contributed by atoms with Gasteiger partial charge in [0.05, 0.1) is 0 Å². The average Bonchev–Trinajstić information content (AvgIpc) is 2.31. The maximum Gasteiger partial charge on any atom is 0.0424 e. The van der Waals surface area contributed by atoms with Crippen LogP contribution < -0.4 is 0 Å². The lowest BCUT2D eigenvalue weighted by molar-refractivity contribution is 0.221. The van der Waals surface area contributed by atoms with Crippen molar-refractivity contribution in [2.24, 2.45) is 0 Å². The molecule has 3 heteroatoms. The normalized spacial score (nSPS) is 16.2. The molecule has 1 heterocycles. The predicted molar refractivity (Wildman–Crippen MR) is 76.9 cm³/mol. The largest absolute Gasteiger partial charge is 0.299 e. The summed E-state index contributed by atoms with van der Waals surface area (Å²) < 4.78 is 0. The molecule has 96 valence electrons. The van der Waals surface area contributed by atoms with Crippen molar-refractivity contribution in [1.29, 1.82) is 0 Å². The van der Waals surface area contributed by atoms with Crippen LogP contribution in [0.2, 0.25) is 10.0 Å². The number of halogens is 2. The molecule has 0 bridgehead atoms. The molecule has 0 saturated carbocycles. The van der Waals surface area contributed by atoms with Gasteiger partial charge in [0.1, 0.15) is 0 Å². The molecule has 0 aromatic heterocycles. The van der Waals surface area contributed by atoms with Crippen LogP contribution in [0.3, 0.4) is 0 Å². The Morgan fingerprint density at radius 1 is 0.941 bits per heavy atom. The third-order valence-electron chi connectivity index (χ3n) is 2.78. The first-order valence-electron chi connectivity index (χ1n) is 6.41. The van der Waals surface area contributed by atoms with Gasteiger partial charge in [-0.25, -0.2) is 0 Å². The van der Waals surface area contributed by atoms with E-state index in [1.807, 2.05) is 26.0 Å². The molecule has 1 saturated heterocycles. The number of hydrogen-bond acceptors (Lipinski definition) is 1. The zero-order chi connectivity index (χ0) is 12.7. The average molecular weight is 274 g/mol. The van der Waals surface area contributed by atoms with Crippen LogP contribution in [0.4, 0.5) is 0 Å². The highest BCUT2D eigenvalue weighted by Crippen LogP contribution is 2.21. The summed E-state index contributed by atoms with van der Waals surface area (Å²) in [6, 6.07) is 5.78. The zero-order valence-electron chi connectivity index (χ0n) is 10.7. The minimum Gasteiger partial charge on any atom is -0.299 e. The van der Waals surface area contributed by atoms with Crippen LogP contribution >= 0.6 is 23.2 Å². The summed E-state index contributed by atoms with van der Waals surface area (Å²) in [7, 11) is 0. The van der Waals surface area contributed by atoms with Gasteiger partial charge in [-0.2, -0.15) is 0 Å². The molecule has 1 aromatic carbocycles. The molecule has 1 aliphatic heterocycles. The van der Waals surface area contributed by atoms with Gasteiger partial charge in [-0.3, -0.25) is 4.90 Å². The maximum absolute atomic E-state index is 5.96. The highest BCUT2D eigenvalue weighted by Gasteiger charge is 2.10. The molecule has 17 heavy (non-hydrogen) atoms. The lowest BCUT2D eigenvalue weighted by Gasteiger charge is -2.26. The predicted octanol–water partition coefficient (Wildman–Crippen LogP) is 5.01. The van der Waals surface area contributed by atoms with Crippen molar-refractivity contribution in [2.45, 2.75) is 39.7 Å². The Labute approximate surface area is 115 Å². The van der Waals surface area contributed by atoms with Crippen LogP contribution in [0, 0.1) is 0 Å². The van der Waals surface area contributed by atoms with Gasteiger partial charge in [0, 0.05) is 16.6 Å². The molecule has 1 aromatic rings. The van der Waals surface area contributed by atoms with E-state index in [1.54, 1.807) is 6.07 Å². The molecule has 0 N–H and O–H groups in total. The van der Waals surface area contributed by atoms with E-state index in [0.717, 1.165) is 16.6 Å². The van der Waals surface area contributed by atoms with E-state index in [4.69, 9.17) is 23.2 Å². The highest BCUT2D eigenvalue weighted by molar-refractivity contribution is 6.34. The van der Waals surface area contributed by atoms with E-state index in [1.165, 1.54) is 37.9 Å². The van der Waals surface area contributed by atoms with Crippen LogP contribution in [-0.4, -0.2) is 18.0 Å². The second-order valence-corrected chi connectivity index (χ2v) is 4.99. The standard InChI is InChI=1S/C12H15Cl2N.C2H6/c13-11-6-10(7-12(14)8-11)9-15-4-2-1-3-5-15;1-2/h6-8H,1-5,9H2;1-2H3. The first kappa shape index (κ1) is 14.8. The third-order valence-corrected chi connectivity index (χ3v) is 3.21. The minimum atomic E-state index is 0.731. The summed E-state index contributed by atoms with van der Waals surface area (Å²) in [5.74, 6) is 0. The zero-order valence-corrected chi connectivity index (χ0v) is 12.2. The molecular formula is C14H21Cl2N. The summed E-state index contributed by atoms with van der Waals surface area (Å²) in [6.45, 7) is 7.37. The molecule has 0 amide bonds. The van der Waals surface area contributed by atoms with Crippen molar-refractivity contribution in [3.05, 3.63) is 33.8 Å². The van der Waals surface area contributed by atoms with Crippen molar-refractivity contribution in [2.75, 3.05) is 13.1 Å². The van der Waals surface area contributed by atoms with E-state index < -0.39 is 0 Å². The van der Waals surface area contributed by atoms with Crippen molar-refractivity contribution in [1.82, 2.24) is 4.90 Å². The highest BCUT2D eigenvalue weighted by atomic mass is 35.5. The third kappa shape index (κ3) is 5.29. The monoisotopic (exact) mass is 273 g/mol. The second kappa shape index (κ2) is 7.97. The molecule has 1 fully saturated rings. The van der Waals surface area contributed by atoms with E-state index in [2.05, 4.69) is 4.90 Å². The second-order valence-electron chi connectivity index (χ2n) is 4.11. The van der Waals surface area contributed by atoms with Crippen LogP contribution in [0.1, 0.15) is 38.7 Å². The van der Waals surface area contributed by atoms with Crippen LogP contribution in [-0.2, 0) is 6.54 Å². The van der Waals surface area contributed by atoms with Gasteiger partial charge in [-0.05, 0) is 49.7 Å². The molecular weight excluding hydrogens is 253 g/mol. The Morgan fingerprint density at radius 3 is 2.00 bits per heavy atom. The Morgan fingerprint density at radius 2 is 1.47 bits per heavy atom. The van der Waals surface area contributed by atoms with Crippen LogP contribution in [0.15, 0.2) is 18.2 Å². The van der Waals surface area contributed by atoms with Gasteiger partial charge < -0.3 is 0 Å². The lowest BCUT2D eigenvalue weighted by Crippen LogP contribution is -2.29. The number of likely N-dealkylation sites (tertiary alicyclic amines) is 1. The minimum absolute atomic E-state index is 0.731. The van der Waals surface area contributed by atoms with Gasteiger partial charge in [0.15, 0.2) is 0 Å². The molecule has 0 atom stereocenters.